The molecule has 2 rings (SSSR count). The van der Waals surface area contributed by atoms with Gasteiger partial charge in [0, 0.05) is 12.7 Å². The zero-order chi connectivity index (χ0) is 14.7. The Bertz CT molecular complexity index is 718. The highest BCUT2D eigenvalue weighted by molar-refractivity contribution is 5.87. The first-order valence-corrected chi connectivity index (χ1v) is 6.03. The predicted octanol–water partition coefficient (Wildman–Crippen LogP) is 2.18. The van der Waals surface area contributed by atoms with Gasteiger partial charge in [0.15, 0.2) is 0 Å². The highest BCUT2D eigenvalue weighted by Gasteiger charge is 2.15. The van der Waals surface area contributed by atoms with Crippen molar-refractivity contribution in [2.75, 3.05) is 0 Å². The fourth-order valence-electron chi connectivity index (χ4n) is 1.91. The van der Waals surface area contributed by atoms with Gasteiger partial charge in [-0.3, -0.25) is 9.78 Å². The van der Waals surface area contributed by atoms with Crippen LogP contribution >= 0.6 is 0 Å². The molecule has 1 N–H and O–H groups in total. The van der Waals surface area contributed by atoms with Crippen LogP contribution in [0.15, 0.2) is 53.5 Å². The van der Waals surface area contributed by atoms with Crippen LogP contribution in [0.3, 0.4) is 0 Å². The van der Waals surface area contributed by atoms with Crippen molar-refractivity contribution >= 4 is 5.97 Å². The molecular formula is C15H14N2O3. The second kappa shape index (κ2) is 5.52. The first-order chi connectivity index (χ1) is 9.50. The van der Waals surface area contributed by atoms with Crippen LogP contribution < -0.4 is 5.56 Å². The lowest BCUT2D eigenvalue weighted by atomic mass is 10.1. The summed E-state index contributed by atoms with van der Waals surface area (Å²) in [7, 11) is 0. The number of allylic oxidation sites excluding steroid dienone is 1. The zero-order valence-corrected chi connectivity index (χ0v) is 11.0. The molecule has 0 atom stereocenters. The Balaban J connectivity index is 2.69. The van der Waals surface area contributed by atoms with Crippen LogP contribution in [0, 0.1) is 0 Å². The van der Waals surface area contributed by atoms with E-state index in [1.165, 1.54) is 10.6 Å². The monoisotopic (exact) mass is 270 g/mol. The Morgan fingerprint density at radius 2 is 2.10 bits per heavy atom. The van der Waals surface area contributed by atoms with Gasteiger partial charge in [-0.25, -0.2) is 4.79 Å². The highest BCUT2D eigenvalue weighted by Crippen LogP contribution is 2.16. The van der Waals surface area contributed by atoms with Crippen molar-refractivity contribution in [3.63, 3.8) is 0 Å². The molecule has 5 heteroatoms. The first kappa shape index (κ1) is 13.7. The second-order valence-corrected chi connectivity index (χ2v) is 4.50. The van der Waals surface area contributed by atoms with Crippen molar-refractivity contribution in [3.05, 3.63) is 64.6 Å². The number of carboxylic acids is 1. The normalized spacial score (nSPS) is 10.2. The Labute approximate surface area is 115 Å². The molecule has 0 amide bonds. The average molecular weight is 270 g/mol. The average Bonchev–Trinajstić information content (AvgIpc) is 2.41. The fourth-order valence-corrected chi connectivity index (χ4v) is 1.91. The smallest absolute Gasteiger partial charge is 0.341 e. The summed E-state index contributed by atoms with van der Waals surface area (Å²) in [6, 6.07) is 8.25. The molecule has 0 unspecified atom stereocenters. The van der Waals surface area contributed by atoms with Crippen LogP contribution in [-0.4, -0.2) is 20.6 Å². The zero-order valence-electron chi connectivity index (χ0n) is 11.0. The summed E-state index contributed by atoms with van der Waals surface area (Å²) in [4.78, 5) is 27.5. The Kier molecular flexibility index (Phi) is 3.79. The van der Waals surface area contributed by atoms with E-state index in [9.17, 15) is 9.59 Å². The molecule has 2 aromatic rings. The molecule has 0 bridgehead atoms. The Morgan fingerprint density at radius 3 is 2.65 bits per heavy atom. The van der Waals surface area contributed by atoms with E-state index in [1.807, 2.05) is 6.07 Å². The van der Waals surface area contributed by atoms with Gasteiger partial charge >= 0.3 is 5.97 Å². The van der Waals surface area contributed by atoms with Crippen molar-refractivity contribution in [2.24, 2.45) is 0 Å². The van der Waals surface area contributed by atoms with Gasteiger partial charge in [0.2, 0.25) is 0 Å². The number of aromatic nitrogens is 2. The number of hydrogen-bond donors (Lipinski definition) is 1. The minimum Gasteiger partial charge on any atom is -0.477 e. The Hall–Kier alpha value is -2.69. The van der Waals surface area contributed by atoms with Crippen LogP contribution in [0.4, 0.5) is 0 Å². The standard InChI is InChI=1S/C15H14N2O3/c1-10(2)9-17-13(12-5-3-4-8-16-12)7-6-11(14(17)18)15(19)20/h3-8H,1,9H2,2H3,(H,19,20). The summed E-state index contributed by atoms with van der Waals surface area (Å²) in [6.07, 6.45) is 1.62. The molecule has 2 aromatic heterocycles. The van der Waals surface area contributed by atoms with Crippen LogP contribution in [0.1, 0.15) is 17.3 Å². The van der Waals surface area contributed by atoms with E-state index < -0.39 is 11.5 Å². The third kappa shape index (κ3) is 2.66. The van der Waals surface area contributed by atoms with E-state index in [4.69, 9.17) is 5.11 Å². The fraction of sp³-hybridized carbons (Fsp3) is 0.133. The molecule has 20 heavy (non-hydrogen) atoms. The van der Waals surface area contributed by atoms with Crippen LogP contribution in [-0.2, 0) is 6.54 Å². The lowest BCUT2D eigenvalue weighted by Crippen LogP contribution is -2.28. The molecule has 0 aliphatic carbocycles. The van der Waals surface area contributed by atoms with Crippen LogP contribution in [0.5, 0.6) is 0 Å². The van der Waals surface area contributed by atoms with Gasteiger partial charge in [-0.05, 0) is 31.2 Å². The van der Waals surface area contributed by atoms with E-state index in [0.717, 1.165) is 5.57 Å². The van der Waals surface area contributed by atoms with E-state index in [-0.39, 0.29) is 12.1 Å². The van der Waals surface area contributed by atoms with E-state index >= 15 is 0 Å². The molecule has 0 aliphatic heterocycles. The molecule has 0 aliphatic rings. The number of hydrogen-bond acceptors (Lipinski definition) is 3. The van der Waals surface area contributed by atoms with Crippen molar-refractivity contribution < 1.29 is 9.90 Å². The second-order valence-electron chi connectivity index (χ2n) is 4.50. The molecular weight excluding hydrogens is 256 g/mol. The van der Waals surface area contributed by atoms with Gasteiger partial charge in [-0.2, -0.15) is 0 Å². The van der Waals surface area contributed by atoms with Crippen LogP contribution in [0.25, 0.3) is 11.4 Å². The van der Waals surface area contributed by atoms with Crippen molar-refractivity contribution in [1.29, 1.82) is 0 Å². The van der Waals surface area contributed by atoms with Gasteiger partial charge < -0.3 is 9.67 Å². The third-order valence-electron chi connectivity index (χ3n) is 2.76. The number of nitrogens with zero attached hydrogens (tertiary/aromatic N) is 2. The van der Waals surface area contributed by atoms with Gasteiger partial charge in [0.05, 0.1) is 11.4 Å². The first-order valence-electron chi connectivity index (χ1n) is 6.03. The topological polar surface area (TPSA) is 72.2 Å². The molecule has 5 nitrogen and oxygen atoms in total. The van der Waals surface area contributed by atoms with Gasteiger partial charge in [-0.15, -0.1) is 0 Å². The van der Waals surface area contributed by atoms with Crippen molar-refractivity contribution in [3.8, 4) is 11.4 Å². The molecule has 2 heterocycles. The maximum Gasteiger partial charge on any atom is 0.341 e. The molecule has 0 radical (unpaired) electrons. The summed E-state index contributed by atoms with van der Waals surface area (Å²) in [6.45, 7) is 5.81. The summed E-state index contributed by atoms with van der Waals surface area (Å²) in [5.41, 5.74) is 1.13. The van der Waals surface area contributed by atoms with E-state index in [1.54, 1.807) is 31.3 Å². The summed E-state index contributed by atoms with van der Waals surface area (Å²) >= 11 is 0. The number of pyridine rings is 2. The van der Waals surface area contributed by atoms with Crippen molar-refractivity contribution in [1.82, 2.24) is 9.55 Å². The van der Waals surface area contributed by atoms with E-state index in [2.05, 4.69) is 11.6 Å². The molecule has 0 fully saturated rings. The number of aromatic carboxylic acids is 1. The molecule has 0 aromatic carbocycles. The van der Waals surface area contributed by atoms with E-state index in [0.29, 0.717) is 11.4 Å². The van der Waals surface area contributed by atoms with Crippen molar-refractivity contribution in [2.45, 2.75) is 13.5 Å². The minimum absolute atomic E-state index is 0.256. The van der Waals surface area contributed by atoms with Gasteiger partial charge in [-0.1, -0.05) is 18.2 Å². The lowest BCUT2D eigenvalue weighted by Gasteiger charge is -2.13. The summed E-state index contributed by atoms with van der Waals surface area (Å²) < 4.78 is 1.38. The molecule has 0 spiro atoms. The van der Waals surface area contributed by atoms with Crippen LogP contribution in [0.2, 0.25) is 0 Å². The van der Waals surface area contributed by atoms with Gasteiger partial charge in [0.25, 0.3) is 5.56 Å². The molecule has 0 saturated heterocycles. The molecule has 102 valence electrons. The predicted molar refractivity (Wildman–Crippen MR) is 75.7 cm³/mol. The SMILES string of the molecule is C=C(C)Cn1c(-c2ccccn2)ccc(C(=O)O)c1=O. The maximum absolute atomic E-state index is 12.3. The largest absolute Gasteiger partial charge is 0.477 e. The number of rotatable bonds is 4. The summed E-state index contributed by atoms with van der Waals surface area (Å²) in [5.74, 6) is -1.24. The number of carboxylic acid groups (broad SMARTS) is 1. The van der Waals surface area contributed by atoms with Gasteiger partial charge in [0.1, 0.15) is 5.56 Å². The highest BCUT2D eigenvalue weighted by atomic mass is 16.4. The summed E-state index contributed by atoms with van der Waals surface area (Å²) in [5, 5.41) is 9.03. The molecule has 0 saturated carbocycles. The third-order valence-corrected chi connectivity index (χ3v) is 2.76. The minimum atomic E-state index is -1.24. The lowest BCUT2D eigenvalue weighted by molar-refractivity contribution is 0.0694. The quantitative estimate of drug-likeness (QED) is 0.864. The maximum atomic E-state index is 12.3. The number of carbonyl (C=O) groups is 1. The Morgan fingerprint density at radius 1 is 1.35 bits per heavy atom.